The number of ether oxygens (including phenoxy) is 1. The maximum absolute atomic E-state index is 9.69. The number of nitrogens with one attached hydrogen (secondary N) is 1. The van der Waals surface area contributed by atoms with Gasteiger partial charge in [-0.2, -0.15) is 0 Å². The SMILES string of the molecule is OC1COCCC12CCNC2. The van der Waals surface area contributed by atoms with Gasteiger partial charge in [0.2, 0.25) is 0 Å². The molecular formula is C8H15NO2. The zero-order valence-electron chi connectivity index (χ0n) is 6.68. The van der Waals surface area contributed by atoms with E-state index < -0.39 is 0 Å². The molecule has 2 heterocycles. The van der Waals surface area contributed by atoms with Gasteiger partial charge in [0.15, 0.2) is 0 Å². The molecule has 0 aromatic carbocycles. The summed E-state index contributed by atoms with van der Waals surface area (Å²) in [5.41, 5.74) is 0.151. The van der Waals surface area contributed by atoms with Gasteiger partial charge in [0.1, 0.15) is 0 Å². The minimum atomic E-state index is -0.244. The van der Waals surface area contributed by atoms with Gasteiger partial charge in [-0.25, -0.2) is 0 Å². The number of aliphatic hydroxyl groups is 1. The molecule has 64 valence electrons. The smallest absolute Gasteiger partial charge is 0.0843 e. The minimum Gasteiger partial charge on any atom is -0.390 e. The van der Waals surface area contributed by atoms with E-state index in [1.54, 1.807) is 0 Å². The number of hydrogen-bond acceptors (Lipinski definition) is 3. The molecule has 2 aliphatic rings. The van der Waals surface area contributed by atoms with Crippen molar-refractivity contribution in [3.8, 4) is 0 Å². The monoisotopic (exact) mass is 157 g/mol. The summed E-state index contributed by atoms with van der Waals surface area (Å²) in [4.78, 5) is 0. The molecule has 2 saturated heterocycles. The normalized spacial score (nSPS) is 45.0. The summed E-state index contributed by atoms with van der Waals surface area (Å²) in [7, 11) is 0. The molecule has 3 heteroatoms. The molecule has 0 amide bonds. The molecular weight excluding hydrogens is 142 g/mol. The quantitative estimate of drug-likeness (QED) is 0.509. The Balaban J connectivity index is 2.07. The maximum Gasteiger partial charge on any atom is 0.0843 e. The van der Waals surface area contributed by atoms with Gasteiger partial charge < -0.3 is 15.2 Å². The van der Waals surface area contributed by atoms with E-state index in [1.165, 1.54) is 0 Å². The first-order valence-electron chi connectivity index (χ1n) is 4.30. The predicted molar refractivity (Wildman–Crippen MR) is 41.4 cm³/mol. The van der Waals surface area contributed by atoms with Gasteiger partial charge in [0, 0.05) is 18.6 Å². The van der Waals surface area contributed by atoms with E-state index >= 15 is 0 Å². The first-order valence-corrected chi connectivity index (χ1v) is 4.30. The number of hydrogen-bond donors (Lipinski definition) is 2. The van der Waals surface area contributed by atoms with Crippen LogP contribution in [0.15, 0.2) is 0 Å². The summed E-state index contributed by atoms with van der Waals surface area (Å²) in [6.07, 6.45) is 1.88. The summed E-state index contributed by atoms with van der Waals surface area (Å²) in [6, 6.07) is 0. The minimum absolute atomic E-state index is 0.151. The van der Waals surface area contributed by atoms with Crippen LogP contribution in [-0.2, 0) is 4.74 Å². The van der Waals surface area contributed by atoms with Gasteiger partial charge in [0.05, 0.1) is 12.7 Å². The summed E-state index contributed by atoms with van der Waals surface area (Å²) in [6.45, 7) is 3.37. The molecule has 2 unspecified atom stereocenters. The van der Waals surface area contributed by atoms with Crippen molar-refractivity contribution >= 4 is 0 Å². The third-order valence-corrected chi connectivity index (χ3v) is 3.00. The van der Waals surface area contributed by atoms with Crippen molar-refractivity contribution in [2.75, 3.05) is 26.3 Å². The van der Waals surface area contributed by atoms with Crippen LogP contribution in [0, 0.1) is 5.41 Å². The first kappa shape index (κ1) is 7.53. The molecule has 2 fully saturated rings. The highest BCUT2D eigenvalue weighted by atomic mass is 16.5. The molecule has 0 saturated carbocycles. The molecule has 2 atom stereocenters. The van der Waals surface area contributed by atoms with Gasteiger partial charge in [-0.15, -0.1) is 0 Å². The van der Waals surface area contributed by atoms with Crippen LogP contribution in [0.3, 0.4) is 0 Å². The molecule has 0 aromatic heterocycles. The van der Waals surface area contributed by atoms with Crippen molar-refractivity contribution in [3.63, 3.8) is 0 Å². The highest BCUT2D eigenvalue weighted by Gasteiger charge is 2.42. The number of aliphatic hydroxyl groups excluding tert-OH is 1. The van der Waals surface area contributed by atoms with E-state index in [0.717, 1.165) is 32.5 Å². The molecule has 0 radical (unpaired) electrons. The standard InChI is InChI=1S/C8H15NO2/c10-7-5-11-4-2-8(7)1-3-9-6-8/h7,9-10H,1-6H2. The largest absolute Gasteiger partial charge is 0.390 e. The van der Waals surface area contributed by atoms with Crippen LogP contribution < -0.4 is 5.32 Å². The Hall–Kier alpha value is -0.120. The van der Waals surface area contributed by atoms with Gasteiger partial charge in [-0.1, -0.05) is 0 Å². The molecule has 2 aliphatic heterocycles. The van der Waals surface area contributed by atoms with Gasteiger partial charge in [-0.05, 0) is 19.4 Å². The van der Waals surface area contributed by atoms with Crippen LogP contribution in [0.2, 0.25) is 0 Å². The Bertz CT molecular complexity index is 143. The van der Waals surface area contributed by atoms with E-state index in [-0.39, 0.29) is 11.5 Å². The molecule has 3 nitrogen and oxygen atoms in total. The van der Waals surface area contributed by atoms with Crippen LogP contribution in [0.5, 0.6) is 0 Å². The highest BCUT2D eigenvalue weighted by molar-refractivity contribution is 4.95. The van der Waals surface area contributed by atoms with Crippen LogP contribution in [0.1, 0.15) is 12.8 Å². The highest BCUT2D eigenvalue weighted by Crippen LogP contribution is 2.36. The van der Waals surface area contributed by atoms with Crippen LogP contribution in [0.4, 0.5) is 0 Å². The van der Waals surface area contributed by atoms with Gasteiger partial charge in [-0.3, -0.25) is 0 Å². The second kappa shape index (κ2) is 2.73. The predicted octanol–water partition coefficient (Wildman–Crippen LogP) is -0.253. The summed E-state index contributed by atoms with van der Waals surface area (Å²) in [5.74, 6) is 0. The Morgan fingerprint density at radius 1 is 1.45 bits per heavy atom. The second-order valence-electron chi connectivity index (χ2n) is 3.63. The van der Waals surface area contributed by atoms with Crippen molar-refractivity contribution in [1.29, 1.82) is 0 Å². The molecule has 11 heavy (non-hydrogen) atoms. The molecule has 0 aliphatic carbocycles. The van der Waals surface area contributed by atoms with E-state index in [0.29, 0.717) is 6.61 Å². The molecule has 2 N–H and O–H groups in total. The second-order valence-corrected chi connectivity index (χ2v) is 3.63. The molecule has 0 bridgehead atoms. The fourth-order valence-corrected chi connectivity index (χ4v) is 2.07. The average Bonchev–Trinajstić information content (AvgIpc) is 2.46. The zero-order valence-corrected chi connectivity index (χ0v) is 6.68. The van der Waals surface area contributed by atoms with Gasteiger partial charge in [0.25, 0.3) is 0 Å². The van der Waals surface area contributed by atoms with E-state index in [2.05, 4.69) is 5.32 Å². The lowest BCUT2D eigenvalue weighted by Crippen LogP contribution is -2.44. The van der Waals surface area contributed by atoms with Crippen molar-refractivity contribution in [1.82, 2.24) is 5.32 Å². The van der Waals surface area contributed by atoms with E-state index in [4.69, 9.17) is 4.74 Å². The van der Waals surface area contributed by atoms with E-state index in [1.807, 2.05) is 0 Å². The zero-order chi connectivity index (χ0) is 7.73. The third-order valence-electron chi connectivity index (χ3n) is 3.00. The number of rotatable bonds is 0. The van der Waals surface area contributed by atoms with Crippen molar-refractivity contribution in [2.24, 2.45) is 5.41 Å². The van der Waals surface area contributed by atoms with Crippen LogP contribution >= 0.6 is 0 Å². The summed E-state index contributed by atoms with van der Waals surface area (Å²) in [5, 5.41) is 13.0. The summed E-state index contributed by atoms with van der Waals surface area (Å²) >= 11 is 0. The molecule has 0 aromatic rings. The Kier molecular flexibility index (Phi) is 1.87. The van der Waals surface area contributed by atoms with Crippen molar-refractivity contribution in [2.45, 2.75) is 18.9 Å². The third kappa shape index (κ3) is 1.17. The Labute approximate surface area is 66.7 Å². The molecule has 1 spiro atoms. The lowest BCUT2D eigenvalue weighted by atomic mass is 9.77. The molecule has 2 rings (SSSR count). The van der Waals surface area contributed by atoms with Gasteiger partial charge >= 0.3 is 0 Å². The lowest BCUT2D eigenvalue weighted by molar-refractivity contribution is -0.0884. The van der Waals surface area contributed by atoms with E-state index in [9.17, 15) is 5.11 Å². The van der Waals surface area contributed by atoms with Crippen LogP contribution in [0.25, 0.3) is 0 Å². The first-order chi connectivity index (χ1) is 5.33. The average molecular weight is 157 g/mol. The van der Waals surface area contributed by atoms with Crippen molar-refractivity contribution < 1.29 is 9.84 Å². The Morgan fingerprint density at radius 3 is 3.00 bits per heavy atom. The van der Waals surface area contributed by atoms with Crippen molar-refractivity contribution in [3.05, 3.63) is 0 Å². The fraction of sp³-hybridized carbons (Fsp3) is 1.00. The van der Waals surface area contributed by atoms with Crippen LogP contribution in [-0.4, -0.2) is 37.5 Å². The fourth-order valence-electron chi connectivity index (χ4n) is 2.07. The summed E-state index contributed by atoms with van der Waals surface area (Å²) < 4.78 is 5.19. The Morgan fingerprint density at radius 2 is 2.36 bits per heavy atom. The topological polar surface area (TPSA) is 41.5 Å². The lowest BCUT2D eigenvalue weighted by Gasteiger charge is -2.37. The maximum atomic E-state index is 9.69.